The van der Waals surface area contributed by atoms with E-state index in [1.165, 1.54) is 33.6 Å². The molecule has 0 bridgehead atoms. The van der Waals surface area contributed by atoms with Gasteiger partial charge in [-0.3, -0.25) is 4.90 Å². The minimum atomic E-state index is -1.04. The summed E-state index contributed by atoms with van der Waals surface area (Å²) in [6, 6.07) is 16.5. The number of amides is 1. The van der Waals surface area contributed by atoms with Gasteiger partial charge in [-0.25, -0.2) is 14.6 Å². The number of aromatic nitrogens is 1. The summed E-state index contributed by atoms with van der Waals surface area (Å²) in [6.45, 7) is 0.218. The van der Waals surface area contributed by atoms with Crippen molar-refractivity contribution in [1.29, 1.82) is 0 Å². The zero-order valence-corrected chi connectivity index (χ0v) is 22.6. The maximum Gasteiger partial charge on any atom is 0.410 e. The number of carbonyl (C=O) groups excluding carboxylic acids is 1. The third kappa shape index (κ3) is 3.90. The first-order chi connectivity index (χ1) is 17.9. The Morgan fingerprint density at radius 1 is 1.05 bits per heavy atom. The Morgan fingerprint density at radius 3 is 2.30 bits per heavy atom. The van der Waals surface area contributed by atoms with Gasteiger partial charge in [0.2, 0.25) is 0 Å². The van der Waals surface area contributed by atoms with Crippen molar-refractivity contribution in [3.8, 4) is 11.1 Å². The van der Waals surface area contributed by atoms with Crippen LogP contribution in [-0.2, 0) is 19.9 Å². The van der Waals surface area contributed by atoms with Crippen LogP contribution < -0.4 is 0 Å². The molecule has 0 radical (unpaired) electrons. The van der Waals surface area contributed by atoms with Crippen LogP contribution >= 0.6 is 27.3 Å². The molecule has 2 aromatic carbocycles. The van der Waals surface area contributed by atoms with E-state index in [4.69, 9.17) is 9.47 Å². The van der Waals surface area contributed by atoms with E-state index in [1.807, 2.05) is 34.5 Å². The Hall–Kier alpha value is -2.75. The number of carbonyl (C=O) groups is 2. The van der Waals surface area contributed by atoms with Crippen molar-refractivity contribution in [3.05, 3.63) is 74.6 Å². The molecule has 1 saturated heterocycles. The van der Waals surface area contributed by atoms with Crippen molar-refractivity contribution in [2.45, 2.75) is 49.2 Å². The average molecular weight is 584 g/mol. The first-order valence-electron chi connectivity index (χ1n) is 12.6. The average Bonchev–Trinajstić information content (AvgIpc) is 3.68. The monoisotopic (exact) mass is 582 g/mol. The van der Waals surface area contributed by atoms with Gasteiger partial charge in [-0.2, -0.15) is 0 Å². The van der Waals surface area contributed by atoms with E-state index in [0.29, 0.717) is 35.4 Å². The molecule has 6 rings (SSSR count). The molecule has 192 valence electrons. The molecular weight excluding hydrogens is 556 g/mol. The van der Waals surface area contributed by atoms with Gasteiger partial charge in [-0.15, -0.1) is 11.3 Å². The summed E-state index contributed by atoms with van der Waals surface area (Å²) in [6.07, 6.45) is 3.39. The van der Waals surface area contributed by atoms with Gasteiger partial charge in [0.15, 0.2) is 0 Å². The molecule has 3 aliphatic rings. The first-order valence-corrected chi connectivity index (χ1v) is 14.2. The lowest BCUT2D eigenvalue weighted by Crippen LogP contribution is -2.57. The molecule has 1 unspecified atom stereocenters. The van der Waals surface area contributed by atoms with Crippen LogP contribution in [0.2, 0.25) is 0 Å². The van der Waals surface area contributed by atoms with Gasteiger partial charge < -0.3 is 14.6 Å². The van der Waals surface area contributed by atoms with Crippen LogP contribution in [0.4, 0.5) is 4.79 Å². The Balaban J connectivity index is 1.29. The Morgan fingerprint density at radius 2 is 1.70 bits per heavy atom. The minimum Gasteiger partial charge on any atom is -0.480 e. The Kier molecular flexibility index (Phi) is 6.33. The third-order valence-corrected chi connectivity index (χ3v) is 9.90. The quantitative estimate of drug-likeness (QED) is 0.374. The largest absolute Gasteiger partial charge is 0.480 e. The predicted octanol–water partition coefficient (Wildman–Crippen LogP) is 6.17. The summed E-state index contributed by atoms with van der Waals surface area (Å²) in [5.74, 6) is -1.07. The summed E-state index contributed by atoms with van der Waals surface area (Å²) < 4.78 is 13.0. The topological polar surface area (TPSA) is 89.0 Å². The molecule has 1 aliphatic heterocycles. The van der Waals surface area contributed by atoms with Crippen LogP contribution in [0.25, 0.3) is 11.1 Å². The van der Waals surface area contributed by atoms with Gasteiger partial charge in [-0.1, -0.05) is 61.4 Å². The zero-order valence-electron chi connectivity index (χ0n) is 20.2. The molecule has 1 saturated carbocycles. The smallest absolute Gasteiger partial charge is 0.410 e. The maximum absolute atomic E-state index is 13.8. The number of aliphatic carboxylic acids is 1. The van der Waals surface area contributed by atoms with Gasteiger partial charge in [0.1, 0.15) is 28.4 Å². The molecule has 2 aliphatic carbocycles. The van der Waals surface area contributed by atoms with E-state index in [2.05, 4.69) is 45.2 Å². The van der Waals surface area contributed by atoms with Crippen molar-refractivity contribution in [2.24, 2.45) is 0 Å². The molecule has 7 nitrogen and oxygen atoms in total. The van der Waals surface area contributed by atoms with Gasteiger partial charge in [-0.05, 0) is 51.0 Å². The summed E-state index contributed by atoms with van der Waals surface area (Å²) in [5.41, 5.74) is 3.03. The van der Waals surface area contributed by atoms with E-state index in [0.717, 1.165) is 12.8 Å². The van der Waals surface area contributed by atoms with Gasteiger partial charge in [0.25, 0.3) is 0 Å². The van der Waals surface area contributed by atoms with E-state index in [9.17, 15) is 14.7 Å². The molecule has 3 aromatic rings. The minimum absolute atomic E-state index is 0.0265. The van der Waals surface area contributed by atoms with E-state index >= 15 is 0 Å². The van der Waals surface area contributed by atoms with Gasteiger partial charge in [0, 0.05) is 24.3 Å². The van der Waals surface area contributed by atoms with Crippen molar-refractivity contribution in [1.82, 2.24) is 9.88 Å². The highest BCUT2D eigenvalue weighted by atomic mass is 79.9. The number of thiazole rings is 1. The Bertz CT molecular complexity index is 1310. The first kappa shape index (κ1) is 24.6. The van der Waals surface area contributed by atoms with Gasteiger partial charge >= 0.3 is 12.1 Å². The lowest BCUT2D eigenvalue weighted by molar-refractivity contribution is -0.160. The highest BCUT2D eigenvalue weighted by Crippen LogP contribution is 2.57. The van der Waals surface area contributed by atoms with E-state index in [-0.39, 0.29) is 18.6 Å². The molecule has 2 heterocycles. The number of hydrogen-bond donors (Lipinski definition) is 1. The van der Waals surface area contributed by atoms with E-state index < -0.39 is 23.7 Å². The normalized spacial score (nSPS) is 21.8. The third-order valence-electron chi connectivity index (χ3n) is 8.21. The van der Waals surface area contributed by atoms with Crippen LogP contribution in [0.5, 0.6) is 0 Å². The van der Waals surface area contributed by atoms with Crippen LogP contribution in [-0.4, -0.2) is 52.4 Å². The van der Waals surface area contributed by atoms with Crippen molar-refractivity contribution in [2.75, 3.05) is 19.8 Å². The lowest BCUT2D eigenvalue weighted by Gasteiger charge is -2.45. The molecule has 1 spiro atoms. The highest BCUT2D eigenvalue weighted by molar-refractivity contribution is 9.10. The summed E-state index contributed by atoms with van der Waals surface area (Å²) in [4.78, 5) is 31.8. The number of rotatable bonds is 6. The standard InChI is InChI=1S/C28H27BrN2O5S/c29-23-17-37-25(30-23)28(36-16-24(32)33)13-14-31(27(28)11-5-6-12-27)26(34)35-15-22-20-9-3-1-7-18(20)19-8-2-4-10-21(19)22/h1-4,7-10,17,22H,5-6,11-16H2,(H,32,33). The molecule has 9 heteroatoms. The molecule has 1 aromatic heterocycles. The van der Waals surface area contributed by atoms with Crippen LogP contribution in [0.1, 0.15) is 54.2 Å². The molecular formula is C28H27BrN2O5S. The SMILES string of the molecule is O=C(O)COC1(c2nc(Br)cs2)CCN(C(=O)OCC2c3ccccc3-c3ccccc32)C12CCCC2. The number of carboxylic acids is 1. The molecule has 1 N–H and O–H groups in total. The number of fused-ring (bicyclic) bond motifs is 3. The number of halogens is 1. The second-order valence-corrected chi connectivity index (χ2v) is 11.6. The van der Waals surface area contributed by atoms with Crippen LogP contribution in [0, 0.1) is 0 Å². The number of benzene rings is 2. The summed E-state index contributed by atoms with van der Waals surface area (Å²) in [5, 5.41) is 12.0. The lowest BCUT2D eigenvalue weighted by atomic mass is 9.78. The molecule has 37 heavy (non-hydrogen) atoms. The van der Waals surface area contributed by atoms with Gasteiger partial charge in [0.05, 0.1) is 5.54 Å². The van der Waals surface area contributed by atoms with Crippen LogP contribution in [0.15, 0.2) is 58.5 Å². The number of ether oxygens (including phenoxy) is 2. The molecule has 1 amide bonds. The van der Waals surface area contributed by atoms with Crippen molar-refractivity contribution in [3.63, 3.8) is 0 Å². The fourth-order valence-corrected chi connectivity index (χ4v) is 8.23. The fourth-order valence-electron chi connectivity index (χ4n) is 6.70. The molecule has 2 fully saturated rings. The Labute approximate surface area is 227 Å². The van der Waals surface area contributed by atoms with Crippen molar-refractivity contribution >= 4 is 39.3 Å². The number of carboxylic acid groups (broad SMARTS) is 1. The predicted molar refractivity (Wildman–Crippen MR) is 143 cm³/mol. The fraction of sp³-hybridized carbons (Fsp3) is 0.393. The van der Waals surface area contributed by atoms with Crippen LogP contribution in [0.3, 0.4) is 0 Å². The number of likely N-dealkylation sites (tertiary alicyclic amines) is 1. The summed E-state index contributed by atoms with van der Waals surface area (Å²) >= 11 is 4.87. The maximum atomic E-state index is 13.8. The van der Waals surface area contributed by atoms with Crippen molar-refractivity contribution < 1.29 is 24.2 Å². The number of nitrogens with zero attached hydrogens (tertiary/aromatic N) is 2. The second kappa shape index (κ2) is 9.53. The van der Waals surface area contributed by atoms with E-state index in [1.54, 1.807) is 0 Å². The number of hydrogen-bond acceptors (Lipinski definition) is 6. The zero-order chi connectivity index (χ0) is 25.6. The summed E-state index contributed by atoms with van der Waals surface area (Å²) in [7, 11) is 0. The second-order valence-electron chi connectivity index (χ2n) is 9.93. The highest BCUT2D eigenvalue weighted by Gasteiger charge is 2.65. The molecule has 1 atom stereocenters.